The van der Waals surface area contributed by atoms with Gasteiger partial charge in [-0.2, -0.15) is 0 Å². The molecule has 0 amide bonds. The smallest absolute Gasteiger partial charge is 0.122 e. The molecule has 0 fully saturated rings. The third-order valence-corrected chi connectivity index (χ3v) is 4.40. The van der Waals surface area contributed by atoms with E-state index in [2.05, 4.69) is 54.0 Å². The summed E-state index contributed by atoms with van der Waals surface area (Å²) in [6.07, 6.45) is 1.18. The summed E-state index contributed by atoms with van der Waals surface area (Å²) in [6.45, 7) is 6.45. The average molecular weight is 307 g/mol. The molecule has 2 atom stereocenters. The van der Waals surface area contributed by atoms with Gasteiger partial charge < -0.3 is 4.42 Å². The Morgan fingerprint density at radius 2 is 1.67 bits per heavy atom. The summed E-state index contributed by atoms with van der Waals surface area (Å²) in [4.78, 5) is 0.136. The Balaban J connectivity index is 2.19. The second-order valence-corrected chi connectivity index (χ2v) is 5.70. The highest BCUT2D eigenvalue weighted by atomic mass is 79.9. The van der Waals surface area contributed by atoms with E-state index in [4.69, 9.17) is 4.42 Å². The number of rotatable bonds is 4. The van der Waals surface area contributed by atoms with Crippen LogP contribution in [-0.4, -0.2) is 0 Å². The Labute approximate surface area is 117 Å². The quantitative estimate of drug-likeness (QED) is 0.671. The molecule has 2 unspecified atom stereocenters. The summed E-state index contributed by atoms with van der Waals surface area (Å²) in [5.74, 6) is 2.54. The molecule has 0 aliphatic heterocycles. The largest absolute Gasteiger partial charge is 0.465 e. The second kappa shape index (κ2) is 5.75. The molecule has 0 spiro atoms. The lowest BCUT2D eigenvalue weighted by atomic mass is 9.97. The van der Waals surface area contributed by atoms with Gasteiger partial charge in [-0.15, -0.1) is 0 Å². The molecular weight excluding hydrogens is 288 g/mol. The van der Waals surface area contributed by atoms with Crippen LogP contribution < -0.4 is 0 Å². The van der Waals surface area contributed by atoms with Crippen molar-refractivity contribution in [1.82, 2.24) is 0 Å². The van der Waals surface area contributed by atoms with Crippen molar-refractivity contribution >= 4 is 15.9 Å². The first-order valence-corrected chi connectivity index (χ1v) is 7.33. The van der Waals surface area contributed by atoms with Crippen LogP contribution in [0.1, 0.15) is 53.7 Å². The van der Waals surface area contributed by atoms with Crippen LogP contribution in [0.15, 0.2) is 40.8 Å². The molecular formula is C16H19BrO. The van der Waals surface area contributed by atoms with E-state index in [1.54, 1.807) is 0 Å². The average Bonchev–Trinajstić information content (AvgIpc) is 2.84. The van der Waals surface area contributed by atoms with E-state index in [9.17, 15) is 0 Å². The fourth-order valence-corrected chi connectivity index (χ4v) is 2.53. The number of alkyl halides is 1. The summed E-state index contributed by atoms with van der Waals surface area (Å²) in [5.41, 5.74) is 2.63. The molecule has 1 nitrogen and oxygen atoms in total. The first-order valence-electron chi connectivity index (χ1n) is 6.42. The molecule has 0 saturated carbocycles. The van der Waals surface area contributed by atoms with Crippen LogP contribution in [-0.2, 0) is 0 Å². The van der Waals surface area contributed by atoms with Gasteiger partial charge in [0.05, 0.1) is 4.83 Å². The van der Waals surface area contributed by atoms with Crippen molar-refractivity contribution < 1.29 is 4.42 Å². The van der Waals surface area contributed by atoms with Crippen molar-refractivity contribution in [3.63, 3.8) is 0 Å². The summed E-state index contributed by atoms with van der Waals surface area (Å²) in [7, 11) is 0. The highest BCUT2D eigenvalue weighted by Gasteiger charge is 2.14. The van der Waals surface area contributed by atoms with Crippen molar-refractivity contribution in [2.24, 2.45) is 0 Å². The predicted octanol–water partition coefficient (Wildman–Crippen LogP) is 5.59. The van der Waals surface area contributed by atoms with Crippen molar-refractivity contribution in [3.05, 3.63) is 59.0 Å². The lowest BCUT2D eigenvalue weighted by molar-refractivity contribution is 0.492. The van der Waals surface area contributed by atoms with E-state index >= 15 is 0 Å². The number of hydrogen-bond donors (Lipinski definition) is 0. The first-order chi connectivity index (χ1) is 8.61. The van der Waals surface area contributed by atoms with Gasteiger partial charge in [-0.25, -0.2) is 0 Å². The molecule has 1 heterocycles. The van der Waals surface area contributed by atoms with Crippen molar-refractivity contribution in [3.8, 4) is 0 Å². The van der Waals surface area contributed by atoms with Crippen molar-refractivity contribution in [2.45, 2.75) is 37.9 Å². The van der Waals surface area contributed by atoms with E-state index in [0.29, 0.717) is 5.92 Å². The Morgan fingerprint density at radius 3 is 2.17 bits per heavy atom. The molecule has 1 aromatic heterocycles. The Hall–Kier alpha value is -1.02. The van der Waals surface area contributed by atoms with Gasteiger partial charge >= 0.3 is 0 Å². The van der Waals surface area contributed by atoms with Crippen LogP contribution in [0.2, 0.25) is 0 Å². The van der Waals surface area contributed by atoms with Gasteiger partial charge in [-0.1, -0.05) is 54.0 Å². The molecule has 18 heavy (non-hydrogen) atoms. The number of hydrogen-bond acceptors (Lipinski definition) is 1. The normalized spacial score (nSPS) is 14.4. The molecule has 2 rings (SSSR count). The number of aryl methyl sites for hydroxylation is 1. The zero-order chi connectivity index (χ0) is 13.1. The van der Waals surface area contributed by atoms with Gasteiger partial charge in [0, 0.05) is 0 Å². The Bertz CT molecular complexity index is 498. The maximum atomic E-state index is 5.65. The number of halogens is 1. The van der Waals surface area contributed by atoms with Crippen LogP contribution in [0.3, 0.4) is 0 Å². The monoisotopic (exact) mass is 306 g/mol. The van der Waals surface area contributed by atoms with Gasteiger partial charge in [0.1, 0.15) is 11.5 Å². The van der Waals surface area contributed by atoms with E-state index in [1.807, 2.05) is 19.1 Å². The maximum Gasteiger partial charge on any atom is 0.122 e. The van der Waals surface area contributed by atoms with Gasteiger partial charge in [-0.3, -0.25) is 0 Å². The molecule has 96 valence electrons. The fourth-order valence-electron chi connectivity index (χ4n) is 1.98. The standard InChI is InChI=1S/C16H19BrO/c1-4-11(2)13-6-8-14(9-7-13)16(17)15-10-5-12(3)18-15/h5-11,16H,4H2,1-3H3. The lowest BCUT2D eigenvalue weighted by Gasteiger charge is -2.12. The third-order valence-electron chi connectivity index (χ3n) is 3.42. The van der Waals surface area contributed by atoms with Gasteiger partial charge in [0.25, 0.3) is 0 Å². The molecule has 0 bridgehead atoms. The molecule has 0 aliphatic rings. The molecule has 0 saturated heterocycles. The maximum absolute atomic E-state index is 5.65. The fraction of sp³-hybridized carbons (Fsp3) is 0.375. The Kier molecular flexibility index (Phi) is 4.28. The molecule has 2 heteroatoms. The summed E-state index contributed by atoms with van der Waals surface area (Å²) in [6, 6.07) is 12.8. The van der Waals surface area contributed by atoms with Crippen LogP contribution >= 0.6 is 15.9 Å². The topological polar surface area (TPSA) is 13.1 Å². The van der Waals surface area contributed by atoms with Gasteiger partial charge in [0.2, 0.25) is 0 Å². The zero-order valence-electron chi connectivity index (χ0n) is 11.1. The summed E-state index contributed by atoms with van der Waals surface area (Å²) in [5, 5.41) is 0. The molecule has 0 N–H and O–H groups in total. The van der Waals surface area contributed by atoms with Crippen LogP contribution in [0.5, 0.6) is 0 Å². The third kappa shape index (κ3) is 2.86. The van der Waals surface area contributed by atoms with E-state index in [1.165, 1.54) is 17.5 Å². The second-order valence-electron chi connectivity index (χ2n) is 4.79. The highest BCUT2D eigenvalue weighted by molar-refractivity contribution is 9.09. The SMILES string of the molecule is CCC(C)c1ccc(C(Br)c2ccc(C)o2)cc1. The molecule has 2 aromatic rings. The van der Waals surface area contributed by atoms with Crippen LogP contribution in [0.4, 0.5) is 0 Å². The molecule has 1 aromatic carbocycles. The van der Waals surface area contributed by atoms with Gasteiger partial charge in [0.15, 0.2) is 0 Å². The minimum absolute atomic E-state index is 0.136. The highest BCUT2D eigenvalue weighted by Crippen LogP contribution is 2.32. The molecule has 0 radical (unpaired) electrons. The first kappa shape index (κ1) is 13.4. The van der Waals surface area contributed by atoms with E-state index in [-0.39, 0.29) is 4.83 Å². The zero-order valence-corrected chi connectivity index (χ0v) is 12.7. The van der Waals surface area contributed by atoms with Gasteiger partial charge in [-0.05, 0) is 42.5 Å². The number of furan rings is 1. The predicted molar refractivity (Wildman–Crippen MR) is 79.4 cm³/mol. The summed E-state index contributed by atoms with van der Waals surface area (Å²) >= 11 is 3.69. The lowest BCUT2D eigenvalue weighted by Crippen LogP contribution is -1.94. The van der Waals surface area contributed by atoms with Crippen LogP contribution in [0.25, 0.3) is 0 Å². The molecule has 0 aliphatic carbocycles. The van der Waals surface area contributed by atoms with Crippen molar-refractivity contribution in [1.29, 1.82) is 0 Å². The summed E-state index contributed by atoms with van der Waals surface area (Å²) < 4.78 is 5.65. The minimum atomic E-state index is 0.136. The minimum Gasteiger partial charge on any atom is -0.465 e. The Morgan fingerprint density at radius 1 is 1.06 bits per heavy atom. The van der Waals surface area contributed by atoms with E-state index in [0.717, 1.165) is 11.5 Å². The van der Waals surface area contributed by atoms with Crippen LogP contribution in [0, 0.1) is 6.92 Å². The number of benzene rings is 1. The van der Waals surface area contributed by atoms with Crippen molar-refractivity contribution in [2.75, 3.05) is 0 Å². The van der Waals surface area contributed by atoms with E-state index < -0.39 is 0 Å².